The molecule has 1 aliphatic heterocycles. The van der Waals surface area contributed by atoms with Gasteiger partial charge in [-0.05, 0) is 43.4 Å². The lowest BCUT2D eigenvalue weighted by atomic mass is 10.1. The molecule has 0 bridgehead atoms. The minimum Gasteiger partial charge on any atom is -0.369 e. The van der Waals surface area contributed by atoms with E-state index in [1.54, 1.807) is 24.3 Å². The van der Waals surface area contributed by atoms with Gasteiger partial charge in [-0.1, -0.05) is 35.3 Å². The number of amides is 1. The lowest BCUT2D eigenvalue weighted by molar-refractivity contribution is 0.102. The molecule has 2 aromatic carbocycles. The smallest absolute Gasteiger partial charge is 0.274 e. The van der Waals surface area contributed by atoms with E-state index < -0.39 is 0 Å². The predicted molar refractivity (Wildman–Crippen MR) is 129 cm³/mol. The molecular weight excluding hydrogens is 457 g/mol. The number of carbonyl (C=O) groups excluding carboxylic acids is 1. The van der Waals surface area contributed by atoms with Gasteiger partial charge >= 0.3 is 0 Å². The Morgan fingerprint density at radius 2 is 1.74 bits per heavy atom. The minimum atomic E-state index is -0.297. The van der Waals surface area contributed by atoms with E-state index in [-0.39, 0.29) is 24.0 Å². The molecule has 1 aromatic heterocycles. The molecular formula is C22H22Cl3N5O. The van der Waals surface area contributed by atoms with Crippen LogP contribution >= 0.6 is 35.6 Å². The summed E-state index contributed by atoms with van der Waals surface area (Å²) in [4.78, 5) is 25.8. The number of carbonyl (C=O) groups is 1. The first-order chi connectivity index (χ1) is 14.5. The van der Waals surface area contributed by atoms with Gasteiger partial charge in [-0.15, -0.1) is 12.4 Å². The van der Waals surface area contributed by atoms with Gasteiger partial charge < -0.3 is 15.1 Å². The number of nitrogens with one attached hydrogen (secondary N) is 1. The quantitative estimate of drug-likeness (QED) is 0.579. The summed E-state index contributed by atoms with van der Waals surface area (Å²) >= 11 is 12.1. The van der Waals surface area contributed by atoms with E-state index in [4.69, 9.17) is 23.2 Å². The first-order valence-corrected chi connectivity index (χ1v) is 10.4. The predicted octanol–water partition coefficient (Wildman–Crippen LogP) is 4.88. The van der Waals surface area contributed by atoms with Gasteiger partial charge in [0.2, 0.25) is 0 Å². The number of aromatic nitrogens is 2. The van der Waals surface area contributed by atoms with Crippen molar-refractivity contribution in [2.24, 2.45) is 0 Å². The van der Waals surface area contributed by atoms with E-state index in [0.717, 1.165) is 43.1 Å². The molecule has 1 amide bonds. The van der Waals surface area contributed by atoms with Gasteiger partial charge in [0.05, 0.1) is 15.7 Å². The molecule has 0 radical (unpaired) electrons. The minimum absolute atomic E-state index is 0. The second kappa shape index (κ2) is 10.3. The molecule has 1 aliphatic rings. The number of hydrogen-bond acceptors (Lipinski definition) is 5. The molecule has 9 heteroatoms. The molecule has 1 fully saturated rings. The molecule has 3 aromatic rings. The highest BCUT2D eigenvalue weighted by Gasteiger charge is 2.16. The number of halogens is 3. The molecule has 162 valence electrons. The van der Waals surface area contributed by atoms with Gasteiger partial charge in [-0.3, -0.25) is 4.79 Å². The van der Waals surface area contributed by atoms with Crippen LogP contribution in [0.5, 0.6) is 0 Å². The number of hydrogen-bond donors (Lipinski definition) is 1. The summed E-state index contributed by atoms with van der Waals surface area (Å²) in [6.45, 7) is 3.98. The van der Waals surface area contributed by atoms with E-state index in [2.05, 4.69) is 38.2 Å². The molecule has 0 unspecified atom stereocenters. The molecule has 1 saturated heterocycles. The summed E-state index contributed by atoms with van der Waals surface area (Å²) in [6.07, 6.45) is 1.37. The zero-order valence-electron chi connectivity index (χ0n) is 16.9. The average Bonchev–Trinajstić information content (AvgIpc) is 2.76. The van der Waals surface area contributed by atoms with Crippen LogP contribution in [0.3, 0.4) is 0 Å². The largest absolute Gasteiger partial charge is 0.369 e. The molecule has 2 heterocycles. The highest BCUT2D eigenvalue weighted by Crippen LogP contribution is 2.28. The van der Waals surface area contributed by atoms with Crippen LogP contribution in [-0.2, 0) is 0 Å². The fraction of sp³-hybridized carbons (Fsp3) is 0.227. The monoisotopic (exact) mass is 477 g/mol. The fourth-order valence-electron chi connectivity index (χ4n) is 3.33. The van der Waals surface area contributed by atoms with E-state index >= 15 is 0 Å². The lowest BCUT2D eigenvalue weighted by Gasteiger charge is -2.34. The van der Waals surface area contributed by atoms with Crippen molar-refractivity contribution < 1.29 is 4.79 Å². The van der Waals surface area contributed by atoms with Gasteiger partial charge in [0, 0.05) is 43.1 Å². The maximum absolute atomic E-state index is 12.8. The van der Waals surface area contributed by atoms with Gasteiger partial charge in [0.1, 0.15) is 12.0 Å². The second-order valence-electron chi connectivity index (χ2n) is 7.21. The molecule has 4 rings (SSSR count). The van der Waals surface area contributed by atoms with Crippen molar-refractivity contribution >= 4 is 52.9 Å². The van der Waals surface area contributed by atoms with Crippen LogP contribution in [0, 0.1) is 0 Å². The fourth-order valence-corrected chi connectivity index (χ4v) is 3.63. The van der Waals surface area contributed by atoms with Crippen LogP contribution in [0.1, 0.15) is 10.5 Å². The maximum atomic E-state index is 12.8. The number of rotatable bonds is 4. The third kappa shape index (κ3) is 5.66. The van der Waals surface area contributed by atoms with Crippen LogP contribution in [0.4, 0.5) is 11.4 Å². The van der Waals surface area contributed by atoms with Gasteiger partial charge in [0.25, 0.3) is 5.91 Å². The number of anilines is 2. The highest BCUT2D eigenvalue weighted by atomic mass is 35.5. The Bertz CT molecular complexity index is 1070. The average molecular weight is 479 g/mol. The summed E-state index contributed by atoms with van der Waals surface area (Å²) in [5, 5.41) is 3.83. The molecule has 0 spiro atoms. The van der Waals surface area contributed by atoms with Crippen molar-refractivity contribution in [2.45, 2.75) is 0 Å². The molecule has 0 saturated carbocycles. The molecule has 1 N–H and O–H groups in total. The van der Waals surface area contributed by atoms with E-state index in [1.165, 1.54) is 6.33 Å². The topological polar surface area (TPSA) is 61.4 Å². The molecule has 0 atom stereocenters. The molecule has 0 aliphatic carbocycles. The van der Waals surface area contributed by atoms with E-state index in [9.17, 15) is 4.79 Å². The third-order valence-electron chi connectivity index (χ3n) is 5.09. The highest BCUT2D eigenvalue weighted by molar-refractivity contribution is 6.42. The van der Waals surface area contributed by atoms with Crippen LogP contribution in [0.15, 0.2) is 54.9 Å². The second-order valence-corrected chi connectivity index (χ2v) is 8.03. The van der Waals surface area contributed by atoms with Crippen molar-refractivity contribution in [3.8, 4) is 11.3 Å². The Kier molecular flexibility index (Phi) is 7.73. The van der Waals surface area contributed by atoms with Crippen molar-refractivity contribution in [1.29, 1.82) is 0 Å². The Hall–Kier alpha value is -2.38. The van der Waals surface area contributed by atoms with Gasteiger partial charge in [0.15, 0.2) is 0 Å². The maximum Gasteiger partial charge on any atom is 0.274 e. The number of likely N-dealkylation sites (N-methyl/N-ethyl adjacent to an activating group) is 1. The standard InChI is InChI=1S/C22H21Cl2N5O.ClH/c1-28-7-9-29(10-8-28)17-4-2-3-16(12-17)27-22(30)21-13-20(25-14-26-21)15-5-6-18(23)19(24)11-15;/h2-6,11-14H,7-10H2,1H3,(H,27,30);1H. The molecule has 6 nitrogen and oxygen atoms in total. The number of nitrogens with zero attached hydrogens (tertiary/aromatic N) is 4. The van der Waals surface area contributed by atoms with Gasteiger partial charge in [-0.2, -0.15) is 0 Å². The van der Waals surface area contributed by atoms with Crippen LogP contribution < -0.4 is 10.2 Å². The summed E-state index contributed by atoms with van der Waals surface area (Å²) in [5.74, 6) is -0.297. The van der Waals surface area contributed by atoms with Crippen LogP contribution in [0.25, 0.3) is 11.3 Å². The first kappa shape index (κ1) is 23.3. The van der Waals surface area contributed by atoms with Crippen LogP contribution in [0.2, 0.25) is 10.0 Å². The zero-order chi connectivity index (χ0) is 21.1. The lowest BCUT2D eigenvalue weighted by Crippen LogP contribution is -2.44. The Balaban J connectivity index is 0.00000272. The third-order valence-corrected chi connectivity index (χ3v) is 5.83. The van der Waals surface area contributed by atoms with Gasteiger partial charge in [-0.25, -0.2) is 9.97 Å². The Labute approximate surface area is 197 Å². The zero-order valence-corrected chi connectivity index (χ0v) is 19.2. The Morgan fingerprint density at radius 1 is 0.968 bits per heavy atom. The summed E-state index contributed by atoms with van der Waals surface area (Å²) in [5.41, 5.74) is 3.46. The van der Waals surface area contributed by atoms with Crippen molar-refractivity contribution in [1.82, 2.24) is 14.9 Å². The normalized spacial score (nSPS) is 14.1. The number of benzene rings is 2. The first-order valence-electron chi connectivity index (χ1n) is 9.62. The molecule has 31 heavy (non-hydrogen) atoms. The van der Waals surface area contributed by atoms with Crippen molar-refractivity contribution in [2.75, 3.05) is 43.4 Å². The summed E-state index contributed by atoms with van der Waals surface area (Å²) < 4.78 is 0. The van der Waals surface area contributed by atoms with Crippen LogP contribution in [-0.4, -0.2) is 54.0 Å². The van der Waals surface area contributed by atoms with E-state index in [0.29, 0.717) is 15.7 Å². The number of piperazine rings is 1. The van der Waals surface area contributed by atoms with E-state index in [1.807, 2.05) is 18.2 Å². The van der Waals surface area contributed by atoms with Crippen molar-refractivity contribution in [3.05, 3.63) is 70.6 Å². The summed E-state index contributed by atoms with van der Waals surface area (Å²) in [6, 6.07) is 14.7. The Morgan fingerprint density at radius 3 is 2.48 bits per heavy atom. The van der Waals surface area contributed by atoms with Crippen molar-refractivity contribution in [3.63, 3.8) is 0 Å². The summed E-state index contributed by atoms with van der Waals surface area (Å²) in [7, 11) is 2.13. The SMILES string of the molecule is CN1CCN(c2cccc(NC(=O)c3cc(-c4ccc(Cl)c(Cl)c4)ncn3)c2)CC1.Cl.